The molecule has 1 N–H and O–H groups in total. The summed E-state index contributed by atoms with van der Waals surface area (Å²) in [6.07, 6.45) is 0. The normalized spacial score (nSPS) is 13.2. The van der Waals surface area contributed by atoms with Crippen LogP contribution in [0.25, 0.3) is 0 Å². The molecule has 0 atom stereocenters. The van der Waals surface area contributed by atoms with Gasteiger partial charge in [0.05, 0.1) is 11.3 Å². The topological polar surface area (TPSA) is 75.7 Å². The maximum atomic E-state index is 13.9. The van der Waals surface area contributed by atoms with E-state index in [4.69, 9.17) is 4.74 Å². The zero-order valence-corrected chi connectivity index (χ0v) is 16.5. The molecule has 9 heteroatoms. The largest absolute Gasteiger partial charge is 0.454 e. The van der Waals surface area contributed by atoms with Crippen molar-refractivity contribution in [3.63, 3.8) is 0 Å². The van der Waals surface area contributed by atoms with Crippen molar-refractivity contribution in [2.24, 2.45) is 0 Å². The molecule has 0 aliphatic carbocycles. The highest BCUT2D eigenvalue weighted by Gasteiger charge is 2.28. The molecule has 0 spiro atoms. The van der Waals surface area contributed by atoms with Gasteiger partial charge >= 0.3 is 0 Å². The predicted octanol–water partition coefficient (Wildman–Crippen LogP) is 4.54. The molecule has 0 unspecified atom stereocenters. The number of hydrogen-bond donors (Lipinski definition) is 1. The lowest BCUT2D eigenvalue weighted by atomic mass is 10.1. The molecule has 1 amide bonds. The number of ether oxygens (including phenoxy) is 1. The Morgan fingerprint density at radius 1 is 1.00 bits per heavy atom. The minimum Gasteiger partial charge on any atom is -0.454 e. The first-order valence-electron chi connectivity index (χ1n) is 9.01. The molecule has 1 aliphatic heterocycles. The number of sulfonamides is 1. The summed E-state index contributed by atoms with van der Waals surface area (Å²) >= 11 is 0. The van der Waals surface area contributed by atoms with Gasteiger partial charge in [0.25, 0.3) is 15.9 Å². The molecule has 3 aromatic rings. The second kappa shape index (κ2) is 7.42. The lowest BCUT2D eigenvalue weighted by Gasteiger charge is -2.20. The third kappa shape index (κ3) is 3.48. The number of fused-ring (bicyclic) bond motifs is 2. The summed E-state index contributed by atoms with van der Waals surface area (Å²) in [5, 5.41) is 0. The molecule has 0 aromatic heterocycles. The standard InChI is InChI=1S/C21H16F2N2O4S/c1-2-25-17-5-3-4-6-19(17)29-18-10-8-14(12-15(18)21(25)26)24-30(27,28)20-11-13(22)7-9-16(20)23/h3-12,24H,2H2,1H3. The second-order valence-electron chi connectivity index (χ2n) is 6.51. The molecule has 0 radical (unpaired) electrons. The molecule has 0 saturated carbocycles. The molecule has 0 bridgehead atoms. The second-order valence-corrected chi connectivity index (χ2v) is 8.16. The van der Waals surface area contributed by atoms with Crippen LogP contribution in [0.1, 0.15) is 17.3 Å². The first-order valence-corrected chi connectivity index (χ1v) is 10.5. The van der Waals surface area contributed by atoms with Gasteiger partial charge in [-0.05, 0) is 55.5 Å². The summed E-state index contributed by atoms with van der Waals surface area (Å²) in [6.45, 7) is 2.17. The van der Waals surface area contributed by atoms with Gasteiger partial charge in [0.1, 0.15) is 22.3 Å². The van der Waals surface area contributed by atoms with E-state index in [0.717, 1.165) is 12.1 Å². The fraction of sp³-hybridized carbons (Fsp3) is 0.0952. The lowest BCUT2D eigenvalue weighted by Crippen LogP contribution is -2.29. The van der Waals surface area contributed by atoms with Gasteiger partial charge < -0.3 is 9.64 Å². The maximum Gasteiger partial charge on any atom is 0.264 e. The van der Waals surface area contributed by atoms with Gasteiger partial charge in [0.15, 0.2) is 5.75 Å². The SMILES string of the molecule is CCN1C(=O)c2cc(NS(=O)(=O)c3cc(F)ccc3F)ccc2Oc2ccccc21. The highest BCUT2D eigenvalue weighted by molar-refractivity contribution is 7.92. The van der Waals surface area contributed by atoms with E-state index in [1.165, 1.54) is 23.1 Å². The Morgan fingerprint density at radius 2 is 1.77 bits per heavy atom. The average Bonchev–Trinajstić information content (AvgIpc) is 2.83. The predicted molar refractivity (Wildman–Crippen MR) is 107 cm³/mol. The number of amides is 1. The Labute approximate surface area is 171 Å². The molecule has 30 heavy (non-hydrogen) atoms. The zero-order chi connectivity index (χ0) is 21.5. The van der Waals surface area contributed by atoms with Crippen molar-refractivity contribution < 1.29 is 26.7 Å². The number of carbonyl (C=O) groups excluding carboxylic acids is 1. The van der Waals surface area contributed by atoms with E-state index in [1.807, 2.05) is 0 Å². The molecule has 154 valence electrons. The zero-order valence-electron chi connectivity index (χ0n) is 15.7. The van der Waals surface area contributed by atoms with Gasteiger partial charge in [0.2, 0.25) is 0 Å². The maximum absolute atomic E-state index is 13.9. The van der Waals surface area contributed by atoms with Gasteiger partial charge in [0, 0.05) is 12.2 Å². The summed E-state index contributed by atoms with van der Waals surface area (Å²) in [5.74, 6) is -1.62. The van der Waals surface area contributed by atoms with E-state index in [1.54, 1.807) is 31.2 Å². The van der Waals surface area contributed by atoms with Crippen LogP contribution >= 0.6 is 0 Å². The number of nitrogens with zero attached hydrogens (tertiary/aromatic N) is 1. The van der Waals surface area contributed by atoms with Crippen LogP contribution in [0.3, 0.4) is 0 Å². The number of anilines is 2. The molecule has 0 saturated heterocycles. The fourth-order valence-corrected chi connectivity index (χ4v) is 4.34. The highest BCUT2D eigenvalue weighted by atomic mass is 32.2. The van der Waals surface area contributed by atoms with Crippen LogP contribution < -0.4 is 14.4 Å². The van der Waals surface area contributed by atoms with Crippen LogP contribution in [-0.2, 0) is 10.0 Å². The van der Waals surface area contributed by atoms with Crippen molar-refractivity contribution in [2.45, 2.75) is 11.8 Å². The van der Waals surface area contributed by atoms with Crippen molar-refractivity contribution in [2.75, 3.05) is 16.2 Å². The molecule has 1 aliphatic rings. The number of benzene rings is 3. The number of rotatable bonds is 4. The third-order valence-electron chi connectivity index (χ3n) is 4.58. The smallest absolute Gasteiger partial charge is 0.264 e. The van der Waals surface area contributed by atoms with E-state index in [-0.39, 0.29) is 22.9 Å². The summed E-state index contributed by atoms with van der Waals surface area (Å²) in [4.78, 5) is 13.8. The molecule has 1 heterocycles. The first-order chi connectivity index (χ1) is 14.3. The number of halogens is 2. The molecular weight excluding hydrogens is 414 g/mol. The van der Waals surface area contributed by atoms with Crippen molar-refractivity contribution in [3.05, 3.63) is 77.9 Å². The molecular formula is C21H16F2N2O4S. The van der Waals surface area contributed by atoms with Crippen molar-refractivity contribution in [1.82, 2.24) is 0 Å². The summed E-state index contributed by atoms with van der Waals surface area (Å²) < 4.78 is 60.5. The minimum atomic E-state index is -4.42. The Bertz CT molecular complexity index is 1260. The van der Waals surface area contributed by atoms with Crippen LogP contribution in [0.2, 0.25) is 0 Å². The van der Waals surface area contributed by atoms with Crippen molar-refractivity contribution >= 4 is 27.3 Å². The van der Waals surface area contributed by atoms with Crippen molar-refractivity contribution in [3.8, 4) is 11.5 Å². The van der Waals surface area contributed by atoms with Crippen LogP contribution in [0.5, 0.6) is 11.5 Å². The molecule has 4 rings (SSSR count). The van der Waals surface area contributed by atoms with Gasteiger partial charge in [-0.25, -0.2) is 17.2 Å². The Hall–Kier alpha value is -3.46. The Morgan fingerprint density at radius 3 is 2.53 bits per heavy atom. The van der Waals surface area contributed by atoms with E-state index < -0.39 is 26.6 Å². The Balaban J connectivity index is 1.74. The van der Waals surface area contributed by atoms with E-state index in [0.29, 0.717) is 24.0 Å². The van der Waals surface area contributed by atoms with E-state index in [2.05, 4.69) is 4.72 Å². The summed E-state index contributed by atoms with van der Waals surface area (Å²) in [6, 6.07) is 13.3. The summed E-state index contributed by atoms with van der Waals surface area (Å²) in [7, 11) is -4.42. The third-order valence-corrected chi connectivity index (χ3v) is 5.98. The number of nitrogens with one attached hydrogen (secondary N) is 1. The first kappa shape index (κ1) is 19.8. The van der Waals surface area contributed by atoms with Crippen LogP contribution in [-0.4, -0.2) is 20.9 Å². The lowest BCUT2D eigenvalue weighted by molar-refractivity contribution is 0.0988. The van der Waals surface area contributed by atoms with Crippen LogP contribution in [0.4, 0.5) is 20.2 Å². The average molecular weight is 430 g/mol. The fourth-order valence-electron chi connectivity index (χ4n) is 3.20. The monoisotopic (exact) mass is 430 g/mol. The molecule has 0 fully saturated rings. The highest BCUT2D eigenvalue weighted by Crippen LogP contribution is 2.39. The van der Waals surface area contributed by atoms with Gasteiger partial charge in [-0.1, -0.05) is 12.1 Å². The van der Waals surface area contributed by atoms with Gasteiger partial charge in [-0.15, -0.1) is 0 Å². The minimum absolute atomic E-state index is 0.0105. The molecule has 6 nitrogen and oxygen atoms in total. The summed E-state index contributed by atoms with van der Waals surface area (Å²) in [5.41, 5.74) is 0.731. The van der Waals surface area contributed by atoms with Crippen LogP contribution in [0.15, 0.2) is 65.6 Å². The number of hydrogen-bond acceptors (Lipinski definition) is 4. The van der Waals surface area contributed by atoms with E-state index in [9.17, 15) is 22.0 Å². The molecule has 3 aromatic carbocycles. The Kier molecular flexibility index (Phi) is 4.90. The van der Waals surface area contributed by atoms with Gasteiger partial charge in [-0.3, -0.25) is 9.52 Å². The van der Waals surface area contributed by atoms with E-state index >= 15 is 0 Å². The van der Waals surface area contributed by atoms with Crippen molar-refractivity contribution in [1.29, 1.82) is 0 Å². The number of para-hydroxylation sites is 2. The van der Waals surface area contributed by atoms with Crippen LogP contribution in [0, 0.1) is 11.6 Å². The number of carbonyl (C=O) groups is 1. The van der Waals surface area contributed by atoms with Gasteiger partial charge in [-0.2, -0.15) is 0 Å². The quantitative estimate of drug-likeness (QED) is 0.660.